The van der Waals surface area contributed by atoms with Crippen LogP contribution in [0.2, 0.25) is 0 Å². The van der Waals surface area contributed by atoms with E-state index in [0.29, 0.717) is 11.1 Å². The van der Waals surface area contributed by atoms with Gasteiger partial charge in [-0.2, -0.15) is 0 Å². The Kier molecular flexibility index (Phi) is 3.02. The molecule has 0 saturated carbocycles. The number of allylic oxidation sites excluding steroid dienone is 4. The summed E-state index contributed by atoms with van der Waals surface area (Å²) in [6.45, 7) is 0. The van der Waals surface area contributed by atoms with Gasteiger partial charge in [0.2, 0.25) is 0 Å². The molecule has 0 atom stereocenters. The average molecular weight is 344 g/mol. The quantitative estimate of drug-likeness (QED) is 0.785. The molecule has 4 heteroatoms. The van der Waals surface area contributed by atoms with Crippen molar-refractivity contribution in [3.05, 3.63) is 82.0 Å². The molecule has 0 spiro atoms. The number of hydrogen-bond donors (Lipinski definition) is 0. The summed E-state index contributed by atoms with van der Waals surface area (Å²) in [6.07, 6.45) is 2.77. The highest BCUT2D eigenvalue weighted by Gasteiger charge is 2.49. The van der Waals surface area contributed by atoms with E-state index in [1.54, 1.807) is 14.2 Å². The van der Waals surface area contributed by atoms with Crippen molar-refractivity contribution in [1.82, 2.24) is 0 Å². The van der Waals surface area contributed by atoms with Gasteiger partial charge in [0.25, 0.3) is 0 Å². The lowest BCUT2D eigenvalue weighted by Crippen LogP contribution is -2.35. The second kappa shape index (κ2) is 5.18. The zero-order chi connectivity index (χ0) is 18.0. The van der Waals surface area contributed by atoms with Crippen LogP contribution in [0.4, 0.5) is 0 Å². The molecule has 0 amide bonds. The minimum absolute atomic E-state index is 0.0865. The van der Waals surface area contributed by atoms with Gasteiger partial charge >= 0.3 is 0 Å². The van der Waals surface area contributed by atoms with Crippen molar-refractivity contribution in [3.63, 3.8) is 0 Å². The lowest BCUT2D eigenvalue weighted by Gasteiger charge is -2.43. The number of benzene rings is 2. The fraction of sp³-hybridized carbons (Fsp3) is 0.182. The molecule has 128 valence electrons. The molecule has 2 bridgehead atoms. The monoisotopic (exact) mass is 344 g/mol. The predicted octanol–water partition coefficient (Wildman–Crippen LogP) is 3.30. The molecule has 0 aliphatic heterocycles. The maximum Gasteiger partial charge on any atom is 0.183 e. The van der Waals surface area contributed by atoms with Crippen LogP contribution >= 0.6 is 0 Å². The van der Waals surface area contributed by atoms with Gasteiger partial charge in [0.1, 0.15) is 11.5 Å². The highest BCUT2D eigenvalue weighted by Crippen LogP contribution is 2.60. The van der Waals surface area contributed by atoms with Gasteiger partial charge in [-0.1, -0.05) is 24.3 Å². The number of rotatable bonds is 2. The van der Waals surface area contributed by atoms with Gasteiger partial charge in [0.05, 0.1) is 14.2 Å². The average Bonchev–Trinajstić information content (AvgIpc) is 2.69. The number of hydrogen-bond acceptors (Lipinski definition) is 4. The lowest BCUT2D eigenvalue weighted by molar-refractivity contribution is -0.115. The maximum absolute atomic E-state index is 12.8. The van der Waals surface area contributed by atoms with Crippen LogP contribution in [-0.2, 0) is 9.59 Å². The molecular weight excluding hydrogens is 328 g/mol. The maximum atomic E-state index is 12.8. The summed E-state index contributed by atoms with van der Waals surface area (Å²) in [5.41, 5.74) is 5.16. The summed E-state index contributed by atoms with van der Waals surface area (Å²) in [4.78, 5) is 25.5. The van der Waals surface area contributed by atoms with Gasteiger partial charge in [-0.25, -0.2) is 0 Å². The molecule has 4 aliphatic rings. The van der Waals surface area contributed by atoms with E-state index in [4.69, 9.17) is 9.47 Å². The Morgan fingerprint density at radius 2 is 1.15 bits per heavy atom. The molecule has 0 unspecified atom stereocenters. The summed E-state index contributed by atoms with van der Waals surface area (Å²) >= 11 is 0. The Bertz CT molecular complexity index is 1000. The van der Waals surface area contributed by atoms with E-state index in [9.17, 15) is 9.59 Å². The summed E-state index contributed by atoms with van der Waals surface area (Å²) in [5, 5.41) is 0. The van der Waals surface area contributed by atoms with Crippen molar-refractivity contribution in [2.75, 3.05) is 14.2 Å². The van der Waals surface area contributed by atoms with Gasteiger partial charge in [-0.05, 0) is 35.4 Å². The summed E-state index contributed by atoms with van der Waals surface area (Å²) in [7, 11) is 3.26. The fourth-order valence-corrected chi connectivity index (χ4v) is 4.70. The first-order valence-corrected chi connectivity index (χ1v) is 8.51. The summed E-state index contributed by atoms with van der Waals surface area (Å²) < 4.78 is 11.2. The molecule has 0 N–H and O–H groups in total. The molecule has 0 heterocycles. The van der Waals surface area contributed by atoms with Crippen molar-refractivity contribution in [2.45, 2.75) is 11.8 Å². The Hall–Kier alpha value is -3.14. The van der Waals surface area contributed by atoms with Crippen LogP contribution < -0.4 is 9.47 Å². The van der Waals surface area contributed by atoms with Crippen LogP contribution in [0.3, 0.4) is 0 Å². The number of carbonyl (C=O) groups is 2. The lowest BCUT2D eigenvalue weighted by atomic mass is 9.58. The Morgan fingerprint density at radius 3 is 1.62 bits per heavy atom. The number of methoxy groups -OCH3 is 2. The zero-order valence-electron chi connectivity index (χ0n) is 14.4. The molecule has 4 aliphatic carbocycles. The number of carbonyl (C=O) groups excluding carboxylic acids is 2. The van der Waals surface area contributed by atoms with Crippen molar-refractivity contribution >= 4 is 11.6 Å². The van der Waals surface area contributed by atoms with Crippen molar-refractivity contribution in [3.8, 4) is 11.5 Å². The fourth-order valence-electron chi connectivity index (χ4n) is 4.70. The van der Waals surface area contributed by atoms with E-state index in [2.05, 4.69) is 0 Å². The number of ether oxygens (including phenoxy) is 2. The standard InChI is InChI=1S/C22H16O4/c1-25-15-7-3-5-11-17-12-6-4-8-16(26-2)19(12)22(18(11)15)21-14(24)10-9-13(23)20(17)21/h3-10,17,22H,1-2H3. The molecule has 6 rings (SSSR count). The topological polar surface area (TPSA) is 52.6 Å². The third kappa shape index (κ3) is 1.69. The van der Waals surface area contributed by atoms with Crippen LogP contribution in [0.1, 0.15) is 34.1 Å². The second-order valence-electron chi connectivity index (χ2n) is 6.68. The van der Waals surface area contributed by atoms with Crippen LogP contribution in [0.25, 0.3) is 0 Å². The van der Waals surface area contributed by atoms with Crippen molar-refractivity contribution < 1.29 is 19.1 Å². The first-order chi connectivity index (χ1) is 12.7. The third-order valence-corrected chi connectivity index (χ3v) is 5.62. The molecule has 0 saturated heterocycles. The van der Waals surface area contributed by atoms with Crippen molar-refractivity contribution in [1.29, 1.82) is 0 Å². The smallest absolute Gasteiger partial charge is 0.183 e. The Labute approximate surface area is 150 Å². The molecule has 2 aromatic rings. The number of ketones is 2. The van der Waals surface area contributed by atoms with Crippen LogP contribution in [0.5, 0.6) is 11.5 Å². The molecule has 0 aromatic heterocycles. The second-order valence-corrected chi connectivity index (χ2v) is 6.68. The van der Waals surface area contributed by atoms with E-state index in [-0.39, 0.29) is 23.4 Å². The van der Waals surface area contributed by atoms with E-state index in [1.165, 1.54) is 12.2 Å². The normalized spacial score (nSPS) is 22.1. The zero-order valence-corrected chi connectivity index (χ0v) is 14.4. The first-order valence-electron chi connectivity index (χ1n) is 8.51. The SMILES string of the molecule is COc1cccc2c1C1C3=C(C(=O)C=CC3=O)C2c2cccc(OC)c21. The predicted molar refractivity (Wildman–Crippen MR) is 95.9 cm³/mol. The van der Waals surface area contributed by atoms with Crippen LogP contribution in [0, 0.1) is 0 Å². The molecule has 0 fully saturated rings. The minimum Gasteiger partial charge on any atom is -0.496 e. The summed E-state index contributed by atoms with van der Waals surface area (Å²) in [5.74, 6) is 0.644. The van der Waals surface area contributed by atoms with Crippen molar-refractivity contribution in [2.24, 2.45) is 0 Å². The molecule has 0 radical (unpaired) electrons. The van der Waals surface area contributed by atoms with Crippen LogP contribution in [-0.4, -0.2) is 25.8 Å². The van der Waals surface area contributed by atoms with E-state index >= 15 is 0 Å². The Balaban J connectivity index is 1.92. The highest BCUT2D eigenvalue weighted by molar-refractivity contribution is 6.23. The molecule has 26 heavy (non-hydrogen) atoms. The van der Waals surface area contributed by atoms with Gasteiger partial charge in [-0.15, -0.1) is 0 Å². The first kappa shape index (κ1) is 15.1. The minimum atomic E-state index is -0.353. The summed E-state index contributed by atoms with van der Waals surface area (Å²) in [6, 6.07) is 11.7. The Morgan fingerprint density at radius 1 is 0.692 bits per heavy atom. The van der Waals surface area contributed by atoms with E-state index in [0.717, 1.165) is 33.8 Å². The van der Waals surface area contributed by atoms with Gasteiger partial charge in [0.15, 0.2) is 11.6 Å². The molecule has 4 nitrogen and oxygen atoms in total. The van der Waals surface area contributed by atoms with Crippen LogP contribution in [0.15, 0.2) is 59.7 Å². The largest absolute Gasteiger partial charge is 0.496 e. The highest BCUT2D eigenvalue weighted by atomic mass is 16.5. The molecular formula is C22H16O4. The molecule has 2 aromatic carbocycles. The van der Waals surface area contributed by atoms with Gasteiger partial charge < -0.3 is 9.47 Å². The van der Waals surface area contributed by atoms with Gasteiger partial charge in [-0.3, -0.25) is 9.59 Å². The van der Waals surface area contributed by atoms with Gasteiger partial charge in [0, 0.05) is 34.1 Å². The van der Waals surface area contributed by atoms with E-state index < -0.39 is 0 Å². The van der Waals surface area contributed by atoms with E-state index in [1.807, 2.05) is 36.4 Å². The third-order valence-electron chi connectivity index (χ3n) is 5.62.